The summed E-state index contributed by atoms with van der Waals surface area (Å²) in [5.41, 5.74) is 2.93. The highest BCUT2D eigenvalue weighted by Crippen LogP contribution is 2.18. The van der Waals surface area contributed by atoms with Crippen molar-refractivity contribution in [2.45, 2.75) is 26.3 Å². The number of halogens is 1. The fraction of sp³-hybridized carbons (Fsp3) is 0.562. The highest BCUT2D eigenvalue weighted by Gasteiger charge is 2.18. The zero-order valence-electron chi connectivity index (χ0n) is 13.0. The predicted molar refractivity (Wildman–Crippen MR) is 105 cm³/mol. The van der Waals surface area contributed by atoms with Crippen molar-refractivity contribution >= 4 is 41.7 Å². The average Bonchev–Trinajstić information content (AvgIpc) is 2.50. The standard InChI is InChI=1S/C16H25N3S.HI/c1-3-17-16(18-10-6-12-20-2)19-11-9-14-7-4-5-8-15(14)13-19;/h4-5,7-8H,3,6,9-13H2,1-2H3,(H,17,18);1H. The van der Waals surface area contributed by atoms with E-state index in [4.69, 9.17) is 4.99 Å². The first-order valence-electron chi connectivity index (χ1n) is 7.44. The number of thioether (sulfide) groups is 1. The van der Waals surface area contributed by atoms with Crippen LogP contribution in [0.5, 0.6) is 0 Å². The van der Waals surface area contributed by atoms with Crippen molar-refractivity contribution in [2.75, 3.05) is 31.6 Å². The van der Waals surface area contributed by atoms with Crippen molar-refractivity contribution in [1.29, 1.82) is 0 Å². The molecule has 3 nitrogen and oxygen atoms in total. The van der Waals surface area contributed by atoms with Gasteiger partial charge in [0.1, 0.15) is 0 Å². The van der Waals surface area contributed by atoms with E-state index >= 15 is 0 Å². The van der Waals surface area contributed by atoms with Crippen LogP contribution in [0.15, 0.2) is 29.3 Å². The molecule has 0 amide bonds. The van der Waals surface area contributed by atoms with Crippen molar-refractivity contribution in [3.8, 4) is 0 Å². The first-order chi connectivity index (χ1) is 9.85. The zero-order chi connectivity index (χ0) is 14.2. The molecule has 0 unspecified atom stereocenters. The number of rotatable bonds is 5. The first kappa shape index (κ1) is 18.6. The van der Waals surface area contributed by atoms with Gasteiger partial charge in [0.2, 0.25) is 0 Å². The summed E-state index contributed by atoms with van der Waals surface area (Å²) in [5.74, 6) is 2.26. The third kappa shape index (κ3) is 5.70. The van der Waals surface area contributed by atoms with Crippen molar-refractivity contribution in [1.82, 2.24) is 10.2 Å². The van der Waals surface area contributed by atoms with Gasteiger partial charge in [-0.05, 0) is 42.9 Å². The second-order valence-corrected chi connectivity index (χ2v) is 6.01. The minimum absolute atomic E-state index is 0. The summed E-state index contributed by atoms with van der Waals surface area (Å²) in [6, 6.07) is 8.75. The van der Waals surface area contributed by atoms with Crippen molar-refractivity contribution in [3.63, 3.8) is 0 Å². The van der Waals surface area contributed by atoms with Gasteiger partial charge in [0.25, 0.3) is 0 Å². The molecule has 5 heteroatoms. The Morgan fingerprint density at radius 2 is 2.10 bits per heavy atom. The summed E-state index contributed by atoms with van der Waals surface area (Å²) in [4.78, 5) is 7.15. The fourth-order valence-corrected chi connectivity index (χ4v) is 2.91. The van der Waals surface area contributed by atoms with Gasteiger partial charge in [-0.3, -0.25) is 4.99 Å². The number of guanidine groups is 1. The first-order valence-corrected chi connectivity index (χ1v) is 8.83. The third-order valence-electron chi connectivity index (χ3n) is 3.53. The summed E-state index contributed by atoms with van der Waals surface area (Å²) in [6.45, 7) is 6.02. The summed E-state index contributed by atoms with van der Waals surface area (Å²) in [6.07, 6.45) is 4.42. The molecular formula is C16H26IN3S. The fourth-order valence-electron chi connectivity index (χ4n) is 2.50. The molecule has 0 aromatic heterocycles. The average molecular weight is 419 g/mol. The number of nitrogens with one attached hydrogen (secondary N) is 1. The molecule has 21 heavy (non-hydrogen) atoms. The Kier molecular flexibility index (Phi) is 9.15. The number of hydrogen-bond acceptors (Lipinski definition) is 2. The minimum atomic E-state index is 0. The number of aliphatic imine (C=N–C) groups is 1. The Hall–Kier alpha value is -0.430. The Labute approximate surface area is 150 Å². The van der Waals surface area contributed by atoms with Gasteiger partial charge in [-0.25, -0.2) is 0 Å². The van der Waals surface area contributed by atoms with Crippen molar-refractivity contribution in [2.24, 2.45) is 4.99 Å². The molecule has 1 aromatic carbocycles. The van der Waals surface area contributed by atoms with E-state index < -0.39 is 0 Å². The monoisotopic (exact) mass is 419 g/mol. The van der Waals surface area contributed by atoms with Crippen LogP contribution >= 0.6 is 35.7 Å². The maximum absolute atomic E-state index is 4.77. The highest BCUT2D eigenvalue weighted by atomic mass is 127. The molecule has 2 rings (SSSR count). The SMILES string of the molecule is CCNC(=NCCCSC)N1CCc2ccccc2C1.I. The lowest BCUT2D eigenvalue weighted by atomic mass is 10.0. The number of nitrogens with zero attached hydrogens (tertiary/aromatic N) is 2. The summed E-state index contributed by atoms with van der Waals surface area (Å²) in [7, 11) is 0. The molecule has 0 atom stereocenters. The van der Waals surface area contributed by atoms with E-state index in [0.29, 0.717) is 0 Å². The van der Waals surface area contributed by atoms with Gasteiger partial charge in [0.15, 0.2) is 5.96 Å². The quantitative estimate of drug-likeness (QED) is 0.343. The van der Waals surface area contributed by atoms with E-state index in [9.17, 15) is 0 Å². The predicted octanol–water partition coefficient (Wildman–Crippen LogP) is 3.38. The molecule has 0 fully saturated rings. The maximum atomic E-state index is 4.77. The highest BCUT2D eigenvalue weighted by molar-refractivity contribution is 14.0. The van der Waals surface area contributed by atoms with E-state index in [1.807, 2.05) is 11.8 Å². The van der Waals surface area contributed by atoms with E-state index in [1.54, 1.807) is 0 Å². The van der Waals surface area contributed by atoms with Crippen molar-refractivity contribution < 1.29 is 0 Å². The normalized spacial score (nSPS) is 14.4. The lowest BCUT2D eigenvalue weighted by Crippen LogP contribution is -2.44. The Morgan fingerprint density at radius 3 is 2.81 bits per heavy atom. The van der Waals surface area contributed by atoms with Gasteiger partial charge in [0.05, 0.1) is 0 Å². The molecule has 1 N–H and O–H groups in total. The Bertz CT molecular complexity index is 451. The number of fused-ring (bicyclic) bond motifs is 1. The van der Waals surface area contributed by atoms with Crippen LogP contribution in [0.1, 0.15) is 24.5 Å². The Balaban J connectivity index is 0.00000220. The molecule has 0 radical (unpaired) electrons. The molecule has 0 saturated carbocycles. The second kappa shape index (κ2) is 10.3. The van der Waals surface area contributed by atoms with Gasteiger partial charge in [0, 0.05) is 26.2 Å². The van der Waals surface area contributed by atoms with Gasteiger partial charge in [-0.1, -0.05) is 24.3 Å². The molecule has 1 aromatic rings. The van der Waals surface area contributed by atoms with Gasteiger partial charge < -0.3 is 10.2 Å². The van der Waals surface area contributed by atoms with E-state index in [2.05, 4.69) is 47.7 Å². The van der Waals surface area contributed by atoms with Crippen LogP contribution in [-0.2, 0) is 13.0 Å². The van der Waals surface area contributed by atoms with Crippen molar-refractivity contribution in [3.05, 3.63) is 35.4 Å². The largest absolute Gasteiger partial charge is 0.357 e. The van der Waals surface area contributed by atoms with Crippen LogP contribution in [0.25, 0.3) is 0 Å². The molecule has 0 aliphatic carbocycles. The lowest BCUT2D eigenvalue weighted by molar-refractivity contribution is 0.379. The molecule has 1 aliphatic rings. The third-order valence-corrected chi connectivity index (χ3v) is 4.23. The number of hydrogen-bond donors (Lipinski definition) is 1. The topological polar surface area (TPSA) is 27.6 Å². The second-order valence-electron chi connectivity index (χ2n) is 5.02. The van der Waals surface area contributed by atoms with Crippen LogP contribution in [-0.4, -0.2) is 42.5 Å². The van der Waals surface area contributed by atoms with E-state index in [-0.39, 0.29) is 24.0 Å². The molecule has 0 spiro atoms. The summed E-state index contributed by atoms with van der Waals surface area (Å²) < 4.78 is 0. The molecule has 1 aliphatic heterocycles. The Morgan fingerprint density at radius 1 is 1.33 bits per heavy atom. The zero-order valence-corrected chi connectivity index (χ0v) is 16.1. The molecule has 118 valence electrons. The van der Waals surface area contributed by atoms with Crippen LogP contribution in [0.2, 0.25) is 0 Å². The van der Waals surface area contributed by atoms with Crippen LogP contribution in [0, 0.1) is 0 Å². The van der Waals surface area contributed by atoms with Crippen LogP contribution in [0.3, 0.4) is 0 Å². The molecule has 0 saturated heterocycles. The van der Waals surface area contributed by atoms with Crippen LogP contribution in [0.4, 0.5) is 0 Å². The smallest absolute Gasteiger partial charge is 0.194 e. The van der Waals surface area contributed by atoms with E-state index in [0.717, 1.165) is 45.0 Å². The van der Waals surface area contributed by atoms with Crippen LogP contribution < -0.4 is 5.32 Å². The molecule has 1 heterocycles. The molecular weight excluding hydrogens is 393 g/mol. The summed E-state index contributed by atoms with van der Waals surface area (Å²) in [5, 5.41) is 3.43. The molecule has 0 bridgehead atoms. The number of benzene rings is 1. The van der Waals surface area contributed by atoms with Gasteiger partial charge in [-0.2, -0.15) is 11.8 Å². The van der Waals surface area contributed by atoms with Gasteiger partial charge in [-0.15, -0.1) is 24.0 Å². The lowest BCUT2D eigenvalue weighted by Gasteiger charge is -2.31. The van der Waals surface area contributed by atoms with Gasteiger partial charge >= 0.3 is 0 Å². The maximum Gasteiger partial charge on any atom is 0.194 e. The van der Waals surface area contributed by atoms with E-state index in [1.165, 1.54) is 16.9 Å². The minimum Gasteiger partial charge on any atom is -0.357 e. The summed E-state index contributed by atoms with van der Waals surface area (Å²) >= 11 is 1.89.